The molecule has 6 heteroatoms. The van der Waals surface area contributed by atoms with Crippen molar-refractivity contribution in [3.8, 4) is 17.2 Å². The molecule has 0 bridgehead atoms. The molecule has 1 amide bonds. The van der Waals surface area contributed by atoms with Crippen molar-refractivity contribution < 1.29 is 19.0 Å². The van der Waals surface area contributed by atoms with Crippen LogP contribution in [0.4, 0.5) is 0 Å². The van der Waals surface area contributed by atoms with E-state index in [1.807, 2.05) is 12.1 Å². The minimum Gasteiger partial charge on any atom is -0.493 e. The largest absolute Gasteiger partial charge is 0.493 e. The van der Waals surface area contributed by atoms with Gasteiger partial charge in [0.25, 0.3) is 0 Å². The SMILES string of the molecule is COc1cc(C=CC(=O)NC2CCN(Cc3cccc(C)c3)CC2)cc2c1OCCO2. The van der Waals surface area contributed by atoms with E-state index >= 15 is 0 Å². The van der Waals surface area contributed by atoms with Crippen LogP contribution in [0.5, 0.6) is 17.2 Å². The van der Waals surface area contributed by atoms with Gasteiger partial charge in [-0.15, -0.1) is 0 Å². The van der Waals surface area contributed by atoms with Crippen LogP contribution in [-0.4, -0.2) is 50.3 Å². The third-order valence-electron chi connectivity index (χ3n) is 5.70. The molecule has 164 valence electrons. The third-order valence-corrected chi connectivity index (χ3v) is 5.70. The van der Waals surface area contributed by atoms with Crippen LogP contribution in [-0.2, 0) is 11.3 Å². The van der Waals surface area contributed by atoms with Gasteiger partial charge in [-0.3, -0.25) is 9.69 Å². The Bertz CT molecular complexity index is 931. The van der Waals surface area contributed by atoms with Gasteiger partial charge in [-0.25, -0.2) is 0 Å². The summed E-state index contributed by atoms with van der Waals surface area (Å²) in [5, 5.41) is 3.13. The van der Waals surface area contributed by atoms with E-state index in [2.05, 4.69) is 41.4 Å². The number of benzene rings is 2. The minimum absolute atomic E-state index is 0.0778. The molecule has 1 N–H and O–H groups in total. The molecule has 1 saturated heterocycles. The van der Waals surface area contributed by atoms with E-state index < -0.39 is 0 Å². The lowest BCUT2D eigenvalue weighted by Crippen LogP contribution is -2.43. The van der Waals surface area contributed by atoms with E-state index in [4.69, 9.17) is 14.2 Å². The summed E-state index contributed by atoms with van der Waals surface area (Å²) in [5.41, 5.74) is 3.48. The highest BCUT2D eigenvalue weighted by Gasteiger charge is 2.21. The highest BCUT2D eigenvalue weighted by atomic mass is 16.6. The predicted molar refractivity (Wildman–Crippen MR) is 121 cm³/mol. The van der Waals surface area contributed by atoms with Crippen molar-refractivity contribution in [3.05, 3.63) is 59.2 Å². The molecule has 0 aromatic heterocycles. The monoisotopic (exact) mass is 422 g/mol. The number of nitrogens with zero attached hydrogens (tertiary/aromatic N) is 1. The van der Waals surface area contributed by atoms with Crippen molar-refractivity contribution in [3.63, 3.8) is 0 Å². The summed E-state index contributed by atoms with van der Waals surface area (Å²) in [7, 11) is 1.60. The molecule has 0 unspecified atom stereocenters. The first kappa shape index (κ1) is 21.2. The van der Waals surface area contributed by atoms with E-state index in [0.29, 0.717) is 30.5 Å². The van der Waals surface area contributed by atoms with Gasteiger partial charge in [-0.2, -0.15) is 0 Å². The minimum atomic E-state index is -0.0778. The Morgan fingerprint density at radius 2 is 2.00 bits per heavy atom. The maximum absolute atomic E-state index is 12.4. The second-order valence-corrected chi connectivity index (χ2v) is 8.13. The molecule has 0 spiro atoms. The number of hydrogen-bond donors (Lipinski definition) is 1. The molecule has 1 fully saturated rings. The Labute approximate surface area is 183 Å². The van der Waals surface area contributed by atoms with E-state index in [1.165, 1.54) is 11.1 Å². The second kappa shape index (κ2) is 9.88. The maximum Gasteiger partial charge on any atom is 0.244 e. The Morgan fingerprint density at radius 1 is 1.19 bits per heavy atom. The van der Waals surface area contributed by atoms with Crippen molar-refractivity contribution in [1.29, 1.82) is 0 Å². The average Bonchev–Trinajstić information content (AvgIpc) is 2.78. The lowest BCUT2D eigenvalue weighted by atomic mass is 10.0. The van der Waals surface area contributed by atoms with Gasteiger partial charge in [-0.1, -0.05) is 29.8 Å². The first-order chi connectivity index (χ1) is 15.1. The quantitative estimate of drug-likeness (QED) is 0.722. The van der Waals surface area contributed by atoms with Crippen molar-refractivity contribution >= 4 is 12.0 Å². The van der Waals surface area contributed by atoms with Gasteiger partial charge in [0.05, 0.1) is 7.11 Å². The summed E-state index contributed by atoms with van der Waals surface area (Å²) in [6.45, 7) is 6.08. The standard InChI is InChI=1S/C25H30N2O4/c1-18-4-3-5-20(14-18)17-27-10-8-21(9-11-27)26-24(28)7-6-19-15-22(29-2)25-23(16-19)30-12-13-31-25/h3-7,14-16,21H,8-13,17H2,1-2H3,(H,26,28). The topological polar surface area (TPSA) is 60.0 Å². The fourth-order valence-electron chi connectivity index (χ4n) is 4.11. The molecule has 2 aliphatic heterocycles. The molecule has 4 rings (SSSR count). The summed E-state index contributed by atoms with van der Waals surface area (Å²) in [6, 6.07) is 12.6. The van der Waals surface area contributed by atoms with E-state index in [1.54, 1.807) is 19.3 Å². The molecule has 2 aromatic rings. The maximum atomic E-state index is 12.4. The molecule has 6 nitrogen and oxygen atoms in total. The predicted octanol–water partition coefficient (Wildman–Crippen LogP) is 3.57. The number of ether oxygens (including phenoxy) is 3. The molecule has 31 heavy (non-hydrogen) atoms. The van der Waals surface area contributed by atoms with Gasteiger partial charge in [0.1, 0.15) is 13.2 Å². The highest BCUT2D eigenvalue weighted by Crippen LogP contribution is 2.40. The normalized spacial score (nSPS) is 17.0. The van der Waals surface area contributed by atoms with Crippen LogP contribution in [0.3, 0.4) is 0 Å². The lowest BCUT2D eigenvalue weighted by molar-refractivity contribution is -0.117. The number of piperidine rings is 1. The van der Waals surface area contributed by atoms with Crippen molar-refractivity contribution in [2.24, 2.45) is 0 Å². The Morgan fingerprint density at radius 3 is 2.77 bits per heavy atom. The number of likely N-dealkylation sites (tertiary alicyclic amines) is 1. The number of hydrogen-bond acceptors (Lipinski definition) is 5. The summed E-state index contributed by atoms with van der Waals surface area (Å²) >= 11 is 0. The first-order valence-electron chi connectivity index (χ1n) is 10.8. The zero-order valence-electron chi connectivity index (χ0n) is 18.2. The average molecular weight is 423 g/mol. The molecular formula is C25H30N2O4. The smallest absolute Gasteiger partial charge is 0.244 e. The number of rotatable bonds is 6. The Kier molecular flexibility index (Phi) is 6.77. The van der Waals surface area contributed by atoms with E-state index in [-0.39, 0.29) is 11.9 Å². The van der Waals surface area contributed by atoms with Crippen LogP contribution in [0, 0.1) is 6.92 Å². The van der Waals surface area contributed by atoms with Gasteiger partial charge in [0.15, 0.2) is 11.5 Å². The zero-order chi connectivity index (χ0) is 21.6. The first-order valence-corrected chi connectivity index (χ1v) is 10.8. The highest BCUT2D eigenvalue weighted by molar-refractivity contribution is 5.92. The number of carbonyl (C=O) groups excluding carboxylic acids is 1. The molecule has 2 heterocycles. The summed E-state index contributed by atoms with van der Waals surface area (Å²) in [4.78, 5) is 14.9. The number of aryl methyl sites for hydroxylation is 1. The molecule has 2 aromatic carbocycles. The number of amides is 1. The zero-order valence-corrected chi connectivity index (χ0v) is 18.2. The number of methoxy groups -OCH3 is 1. The summed E-state index contributed by atoms with van der Waals surface area (Å²) in [5.74, 6) is 1.80. The number of carbonyl (C=O) groups is 1. The van der Waals surface area contributed by atoms with Crippen LogP contribution in [0.1, 0.15) is 29.5 Å². The molecular weight excluding hydrogens is 392 g/mol. The number of nitrogens with one attached hydrogen (secondary N) is 1. The fraction of sp³-hybridized carbons (Fsp3) is 0.400. The van der Waals surface area contributed by atoms with Gasteiger partial charge in [0.2, 0.25) is 11.7 Å². The van der Waals surface area contributed by atoms with E-state index in [0.717, 1.165) is 38.0 Å². The summed E-state index contributed by atoms with van der Waals surface area (Å²) in [6.07, 6.45) is 5.28. The fourth-order valence-corrected chi connectivity index (χ4v) is 4.11. The molecule has 0 radical (unpaired) electrons. The van der Waals surface area contributed by atoms with Crippen LogP contribution in [0.15, 0.2) is 42.5 Å². The molecule has 0 aliphatic carbocycles. The van der Waals surface area contributed by atoms with Crippen molar-refractivity contribution in [2.45, 2.75) is 32.4 Å². The molecule has 0 atom stereocenters. The van der Waals surface area contributed by atoms with Gasteiger partial charge < -0.3 is 19.5 Å². The molecule has 0 saturated carbocycles. The Hall–Kier alpha value is -2.99. The third kappa shape index (κ3) is 5.58. The van der Waals surface area contributed by atoms with Crippen molar-refractivity contribution in [1.82, 2.24) is 10.2 Å². The van der Waals surface area contributed by atoms with Crippen LogP contribution < -0.4 is 19.5 Å². The second-order valence-electron chi connectivity index (χ2n) is 8.13. The lowest BCUT2D eigenvalue weighted by Gasteiger charge is -2.32. The van der Waals surface area contributed by atoms with Crippen LogP contribution in [0.25, 0.3) is 6.08 Å². The van der Waals surface area contributed by atoms with Crippen molar-refractivity contribution in [2.75, 3.05) is 33.4 Å². The number of fused-ring (bicyclic) bond motifs is 1. The van der Waals surface area contributed by atoms with Gasteiger partial charge in [-0.05, 0) is 49.1 Å². The summed E-state index contributed by atoms with van der Waals surface area (Å²) < 4.78 is 16.7. The van der Waals surface area contributed by atoms with Crippen LogP contribution >= 0.6 is 0 Å². The Balaban J connectivity index is 1.28. The van der Waals surface area contributed by atoms with Crippen LogP contribution in [0.2, 0.25) is 0 Å². The van der Waals surface area contributed by atoms with Gasteiger partial charge in [0, 0.05) is 31.8 Å². The van der Waals surface area contributed by atoms with E-state index in [9.17, 15) is 4.79 Å². The van der Waals surface area contributed by atoms with Gasteiger partial charge >= 0.3 is 0 Å². The molecule has 2 aliphatic rings.